The Kier molecular flexibility index (Phi) is 8.61. The zero-order valence-electron chi connectivity index (χ0n) is 21.8. The highest BCUT2D eigenvalue weighted by Gasteiger charge is 2.28. The summed E-state index contributed by atoms with van der Waals surface area (Å²) in [5.41, 5.74) is -0.208. The minimum atomic E-state index is -4.05. The summed E-state index contributed by atoms with van der Waals surface area (Å²) in [6.45, 7) is 7.66. The number of aliphatic hydroxyl groups excluding tert-OH is 1. The molecule has 1 saturated heterocycles. The molecular weight excluding hydrogens is 532 g/mol. The van der Waals surface area contributed by atoms with Crippen molar-refractivity contribution in [2.75, 3.05) is 56.2 Å². The van der Waals surface area contributed by atoms with Gasteiger partial charge >= 0.3 is 0 Å². The van der Waals surface area contributed by atoms with Crippen LogP contribution in [-0.4, -0.2) is 70.1 Å². The second kappa shape index (κ2) is 11.7. The minimum Gasteiger partial charge on any atom is -0.493 e. The van der Waals surface area contributed by atoms with Gasteiger partial charge < -0.3 is 29.0 Å². The number of para-hydroxylation sites is 2. The fraction of sp³-hybridized carbons (Fsp3) is 0.440. The molecule has 11 nitrogen and oxygen atoms in total. The number of nitrogens with one attached hydrogen (secondary N) is 1. The molecule has 0 atom stereocenters. The van der Waals surface area contributed by atoms with E-state index in [1.165, 1.54) is 18.4 Å². The number of morpholine rings is 1. The van der Waals surface area contributed by atoms with Crippen LogP contribution in [0.25, 0.3) is 0 Å². The number of ether oxygens (including phenoxy) is 4. The second-order valence-corrected chi connectivity index (χ2v) is 12.4. The highest BCUT2D eigenvalue weighted by molar-refractivity contribution is 7.94. The Morgan fingerprint density at radius 1 is 1.11 bits per heavy atom. The lowest BCUT2D eigenvalue weighted by Gasteiger charge is -2.28. The zero-order valence-corrected chi connectivity index (χ0v) is 23.4. The molecule has 0 radical (unpaired) electrons. The van der Waals surface area contributed by atoms with Gasteiger partial charge in [-0.3, -0.25) is 4.72 Å². The van der Waals surface area contributed by atoms with E-state index in [1.54, 1.807) is 36.4 Å². The molecule has 0 saturated carbocycles. The zero-order chi connectivity index (χ0) is 27.3. The van der Waals surface area contributed by atoms with E-state index in [2.05, 4.69) is 14.7 Å². The standard InChI is InChI=1S/C25H32N4O7S2/c1-25(2,3)19-9-10-20(37-19)38(31,32)28-22-21(36-18-8-6-5-7-17(18)33-4)23(35-16-13-30)27-24(26-22)29-11-14-34-15-12-29/h5-10,30H,11-16H2,1-4H3,(H,26,27,28). The lowest BCUT2D eigenvalue weighted by Crippen LogP contribution is -2.37. The molecule has 2 aromatic heterocycles. The van der Waals surface area contributed by atoms with Gasteiger partial charge in [-0.05, 0) is 29.7 Å². The van der Waals surface area contributed by atoms with Gasteiger partial charge in [-0.25, -0.2) is 8.42 Å². The van der Waals surface area contributed by atoms with Crippen molar-refractivity contribution < 1.29 is 32.5 Å². The largest absolute Gasteiger partial charge is 0.493 e. The van der Waals surface area contributed by atoms with E-state index in [-0.39, 0.29) is 46.2 Å². The number of aromatic nitrogens is 2. The van der Waals surface area contributed by atoms with Crippen molar-refractivity contribution in [2.24, 2.45) is 0 Å². The average molecular weight is 565 g/mol. The van der Waals surface area contributed by atoms with Crippen molar-refractivity contribution in [3.63, 3.8) is 0 Å². The average Bonchev–Trinajstić information content (AvgIpc) is 3.42. The van der Waals surface area contributed by atoms with Gasteiger partial charge in [-0.1, -0.05) is 32.9 Å². The van der Waals surface area contributed by atoms with Gasteiger partial charge in [-0.2, -0.15) is 9.97 Å². The molecule has 2 N–H and O–H groups in total. The maximum atomic E-state index is 13.5. The van der Waals surface area contributed by atoms with E-state index in [0.717, 1.165) is 4.88 Å². The smallest absolute Gasteiger partial charge is 0.272 e. The summed E-state index contributed by atoms with van der Waals surface area (Å²) in [7, 11) is -2.55. The molecule has 1 aromatic carbocycles. The topological polar surface area (TPSA) is 132 Å². The van der Waals surface area contributed by atoms with Gasteiger partial charge in [0.1, 0.15) is 10.8 Å². The number of benzene rings is 1. The van der Waals surface area contributed by atoms with Crippen LogP contribution < -0.4 is 23.8 Å². The van der Waals surface area contributed by atoms with Crippen molar-refractivity contribution in [1.29, 1.82) is 0 Å². The lowest BCUT2D eigenvalue weighted by molar-refractivity contribution is 0.122. The molecule has 0 spiro atoms. The van der Waals surface area contributed by atoms with Crippen LogP contribution in [0.2, 0.25) is 0 Å². The van der Waals surface area contributed by atoms with Gasteiger partial charge in [0.15, 0.2) is 17.3 Å². The molecule has 1 aliphatic heterocycles. The Labute approximate surface area is 226 Å². The van der Waals surface area contributed by atoms with Crippen molar-refractivity contribution in [3.8, 4) is 23.1 Å². The van der Waals surface area contributed by atoms with Gasteiger partial charge in [0, 0.05) is 18.0 Å². The summed E-state index contributed by atoms with van der Waals surface area (Å²) in [5, 5.41) is 9.41. The number of methoxy groups -OCH3 is 1. The fourth-order valence-corrected chi connectivity index (χ4v) is 5.95. The number of sulfonamides is 1. The van der Waals surface area contributed by atoms with Crippen molar-refractivity contribution in [2.45, 2.75) is 30.4 Å². The number of thiophene rings is 1. The van der Waals surface area contributed by atoms with E-state index < -0.39 is 10.0 Å². The van der Waals surface area contributed by atoms with Crippen LogP contribution in [0.1, 0.15) is 25.6 Å². The molecule has 0 bridgehead atoms. The molecule has 38 heavy (non-hydrogen) atoms. The third kappa shape index (κ3) is 6.46. The van der Waals surface area contributed by atoms with Crippen LogP contribution >= 0.6 is 11.3 Å². The summed E-state index contributed by atoms with van der Waals surface area (Å²) >= 11 is 1.19. The highest BCUT2D eigenvalue weighted by Crippen LogP contribution is 2.42. The van der Waals surface area contributed by atoms with Crippen LogP contribution in [0.3, 0.4) is 0 Å². The van der Waals surface area contributed by atoms with Crippen LogP contribution in [0.15, 0.2) is 40.6 Å². The summed E-state index contributed by atoms with van der Waals surface area (Å²) in [6.07, 6.45) is 0. The van der Waals surface area contributed by atoms with E-state index in [0.29, 0.717) is 37.8 Å². The van der Waals surface area contributed by atoms with Crippen molar-refractivity contribution in [1.82, 2.24) is 9.97 Å². The monoisotopic (exact) mass is 564 g/mol. The first-order chi connectivity index (χ1) is 18.1. The van der Waals surface area contributed by atoms with Crippen LogP contribution in [0.4, 0.5) is 11.8 Å². The van der Waals surface area contributed by atoms with Crippen LogP contribution in [0.5, 0.6) is 23.1 Å². The maximum Gasteiger partial charge on any atom is 0.272 e. The molecule has 1 aliphatic rings. The van der Waals surface area contributed by atoms with Gasteiger partial charge in [-0.15, -0.1) is 11.3 Å². The summed E-state index contributed by atoms with van der Waals surface area (Å²) in [4.78, 5) is 11.8. The third-order valence-electron chi connectivity index (χ3n) is 5.54. The quantitative estimate of drug-likeness (QED) is 0.376. The Morgan fingerprint density at radius 2 is 1.82 bits per heavy atom. The summed E-state index contributed by atoms with van der Waals surface area (Å²) in [5.74, 6) is 0.772. The number of nitrogens with zero attached hydrogens (tertiary/aromatic N) is 3. The normalized spacial score (nSPS) is 14.3. The molecule has 0 aliphatic carbocycles. The number of hydrogen-bond acceptors (Lipinski definition) is 11. The van der Waals surface area contributed by atoms with Crippen LogP contribution in [0, 0.1) is 0 Å². The third-order valence-corrected chi connectivity index (χ3v) is 8.89. The van der Waals surface area contributed by atoms with Crippen LogP contribution in [-0.2, 0) is 20.2 Å². The van der Waals surface area contributed by atoms with Crippen molar-refractivity contribution in [3.05, 3.63) is 41.3 Å². The first-order valence-corrected chi connectivity index (χ1v) is 14.3. The summed E-state index contributed by atoms with van der Waals surface area (Å²) in [6, 6.07) is 10.3. The SMILES string of the molecule is COc1ccccc1Oc1c(NS(=O)(=O)c2ccc(C(C)(C)C)s2)nc(N2CCOCC2)nc1OCCO. The summed E-state index contributed by atoms with van der Waals surface area (Å²) < 4.78 is 52.4. The highest BCUT2D eigenvalue weighted by atomic mass is 32.2. The van der Waals surface area contributed by atoms with Gasteiger partial charge in [0.2, 0.25) is 11.7 Å². The number of aliphatic hydroxyl groups is 1. The Hall–Kier alpha value is -3.13. The van der Waals surface area contributed by atoms with Gasteiger partial charge in [0.25, 0.3) is 15.9 Å². The fourth-order valence-electron chi connectivity index (χ4n) is 3.58. The Morgan fingerprint density at radius 3 is 2.45 bits per heavy atom. The minimum absolute atomic E-state index is 0.0271. The number of anilines is 2. The van der Waals surface area contributed by atoms with E-state index in [9.17, 15) is 13.5 Å². The van der Waals surface area contributed by atoms with Gasteiger partial charge in [0.05, 0.1) is 26.9 Å². The van der Waals surface area contributed by atoms with E-state index in [1.807, 2.05) is 25.7 Å². The first kappa shape index (κ1) is 27.9. The molecule has 0 unspecified atom stereocenters. The second-order valence-electron chi connectivity index (χ2n) is 9.41. The lowest BCUT2D eigenvalue weighted by atomic mass is 9.95. The molecule has 4 rings (SSSR count). The van der Waals surface area contributed by atoms with Crippen molar-refractivity contribution >= 4 is 33.1 Å². The number of rotatable bonds is 10. The molecule has 3 heterocycles. The molecule has 3 aromatic rings. The Balaban J connectivity index is 1.82. The first-order valence-electron chi connectivity index (χ1n) is 12.0. The Bertz CT molecular complexity index is 1350. The molecular formula is C25H32N4O7S2. The predicted molar refractivity (Wildman–Crippen MR) is 145 cm³/mol. The predicted octanol–water partition coefficient (Wildman–Crippen LogP) is 3.65. The maximum absolute atomic E-state index is 13.5. The molecule has 206 valence electrons. The molecule has 0 amide bonds. The molecule has 1 fully saturated rings. The molecule has 13 heteroatoms. The number of hydrogen-bond donors (Lipinski definition) is 2. The van der Waals surface area contributed by atoms with E-state index >= 15 is 0 Å². The van der Waals surface area contributed by atoms with E-state index in [4.69, 9.17) is 18.9 Å².